The Bertz CT molecular complexity index is 1620. The topological polar surface area (TPSA) is 120 Å². The third-order valence-electron chi connectivity index (χ3n) is 6.72. The first-order chi connectivity index (χ1) is 18.1. The van der Waals surface area contributed by atoms with Crippen molar-refractivity contribution in [3.8, 4) is 22.3 Å². The van der Waals surface area contributed by atoms with Crippen LogP contribution in [0, 0.1) is 11.2 Å². The number of rotatable bonds is 6. The normalized spacial score (nSPS) is 13.9. The maximum atomic E-state index is 14.5. The summed E-state index contributed by atoms with van der Waals surface area (Å²) in [5.74, 6) is 0.160. The molecule has 6 rings (SSSR count). The zero-order chi connectivity index (χ0) is 25.4. The number of fused-ring (bicyclic) bond motifs is 1. The van der Waals surface area contributed by atoms with Gasteiger partial charge >= 0.3 is 0 Å². The first kappa shape index (κ1) is 22.9. The minimum absolute atomic E-state index is 0.0868. The highest BCUT2D eigenvalue weighted by Gasteiger charge is 2.19. The number of nitrogen functional groups attached to an aromatic ring is 1. The number of aromatic amines is 1. The van der Waals surface area contributed by atoms with Gasteiger partial charge in [0.05, 0.1) is 11.7 Å². The smallest absolute Gasteiger partial charge is 0.157 e. The van der Waals surface area contributed by atoms with Crippen molar-refractivity contribution in [1.82, 2.24) is 29.8 Å². The number of imidazole rings is 1. The van der Waals surface area contributed by atoms with Crippen LogP contribution in [0.25, 0.3) is 33.3 Å². The number of pyridine rings is 3. The fraction of sp³-hybridized carbons (Fsp3) is 0.179. The van der Waals surface area contributed by atoms with E-state index in [4.69, 9.17) is 11.1 Å². The van der Waals surface area contributed by atoms with E-state index >= 15 is 0 Å². The number of nitrogens with one attached hydrogen (secondary N) is 2. The zero-order valence-corrected chi connectivity index (χ0v) is 20.1. The van der Waals surface area contributed by atoms with Crippen molar-refractivity contribution < 1.29 is 4.39 Å². The first-order valence-corrected chi connectivity index (χ1v) is 12.2. The second-order valence-electron chi connectivity index (χ2n) is 9.25. The average Bonchev–Trinajstić information content (AvgIpc) is 3.59. The highest BCUT2D eigenvalue weighted by Crippen LogP contribution is 2.30. The largest absolute Gasteiger partial charge is 0.383 e. The van der Waals surface area contributed by atoms with Crippen LogP contribution in [0.2, 0.25) is 0 Å². The molecule has 0 amide bonds. The summed E-state index contributed by atoms with van der Waals surface area (Å²) in [5, 5.41) is 8.88. The van der Waals surface area contributed by atoms with Crippen molar-refractivity contribution in [2.24, 2.45) is 0 Å². The molecular formula is C28H25FN8. The van der Waals surface area contributed by atoms with Crippen molar-refractivity contribution in [1.29, 1.82) is 5.41 Å². The molecule has 8 nitrogen and oxygen atoms in total. The van der Waals surface area contributed by atoms with Crippen LogP contribution in [0.3, 0.4) is 0 Å². The summed E-state index contributed by atoms with van der Waals surface area (Å²) >= 11 is 0. The number of nitrogens with two attached hydrogens (primary N) is 1. The molecule has 5 aromatic rings. The van der Waals surface area contributed by atoms with E-state index in [-0.39, 0.29) is 17.3 Å². The second kappa shape index (κ2) is 9.51. The van der Waals surface area contributed by atoms with E-state index in [0.717, 1.165) is 36.3 Å². The maximum absolute atomic E-state index is 14.5. The standard InChI is InChI=1S/C28H25FN8/c29-23-6-2-1-5-20(23)22-14-33-15-24-26(22)36-28(35-24)25(30)21-10-19(13-34-27(21)31)18-9-17(11-32-12-18)16-37-7-3-4-8-37/h1-2,5-6,9-15,30H,3-4,7-8,16H2,(H2,31,34)(H,35,36). The van der Waals surface area contributed by atoms with Crippen molar-refractivity contribution in [3.63, 3.8) is 0 Å². The van der Waals surface area contributed by atoms with Crippen LogP contribution in [0.5, 0.6) is 0 Å². The minimum atomic E-state index is -0.363. The summed E-state index contributed by atoms with van der Waals surface area (Å²) in [5.41, 5.74) is 11.7. The van der Waals surface area contributed by atoms with Gasteiger partial charge in [0.1, 0.15) is 22.9 Å². The number of hydrogen-bond donors (Lipinski definition) is 3. The van der Waals surface area contributed by atoms with Gasteiger partial charge in [0.15, 0.2) is 5.82 Å². The van der Waals surface area contributed by atoms with Gasteiger partial charge in [-0.2, -0.15) is 0 Å². The van der Waals surface area contributed by atoms with Gasteiger partial charge in [0.2, 0.25) is 0 Å². The second-order valence-corrected chi connectivity index (χ2v) is 9.25. The van der Waals surface area contributed by atoms with Gasteiger partial charge in [-0.1, -0.05) is 18.2 Å². The Hall–Kier alpha value is -4.50. The number of aromatic nitrogens is 5. The van der Waals surface area contributed by atoms with E-state index in [1.54, 1.807) is 43.0 Å². The van der Waals surface area contributed by atoms with Crippen molar-refractivity contribution in [2.45, 2.75) is 19.4 Å². The Morgan fingerprint density at radius 3 is 2.59 bits per heavy atom. The van der Waals surface area contributed by atoms with Crippen LogP contribution < -0.4 is 5.73 Å². The molecule has 1 aromatic carbocycles. The van der Waals surface area contributed by atoms with Crippen LogP contribution in [-0.4, -0.2) is 48.6 Å². The summed E-state index contributed by atoms with van der Waals surface area (Å²) in [6.07, 6.45) is 11.0. The van der Waals surface area contributed by atoms with Crippen LogP contribution in [0.1, 0.15) is 29.8 Å². The number of benzene rings is 1. The molecule has 5 heterocycles. The fourth-order valence-electron chi connectivity index (χ4n) is 4.82. The monoisotopic (exact) mass is 492 g/mol. The van der Waals surface area contributed by atoms with E-state index in [2.05, 4.69) is 35.9 Å². The molecule has 0 saturated carbocycles. The molecule has 0 aliphatic carbocycles. The van der Waals surface area contributed by atoms with E-state index in [0.29, 0.717) is 33.5 Å². The van der Waals surface area contributed by atoms with Crippen molar-refractivity contribution >= 4 is 22.6 Å². The Morgan fingerprint density at radius 1 is 0.973 bits per heavy atom. The van der Waals surface area contributed by atoms with Crippen LogP contribution in [0.4, 0.5) is 10.2 Å². The van der Waals surface area contributed by atoms with E-state index in [1.165, 1.54) is 18.9 Å². The summed E-state index contributed by atoms with van der Waals surface area (Å²) in [6.45, 7) is 3.09. The summed E-state index contributed by atoms with van der Waals surface area (Å²) in [4.78, 5) is 23.2. The van der Waals surface area contributed by atoms with Crippen molar-refractivity contribution in [2.75, 3.05) is 18.8 Å². The first-order valence-electron chi connectivity index (χ1n) is 12.2. The maximum Gasteiger partial charge on any atom is 0.157 e. The number of hydrogen-bond acceptors (Lipinski definition) is 7. The number of halogens is 1. The summed E-state index contributed by atoms with van der Waals surface area (Å²) in [6, 6.07) is 10.4. The quantitative estimate of drug-likeness (QED) is 0.293. The molecule has 1 fully saturated rings. The molecule has 0 unspecified atom stereocenters. The van der Waals surface area contributed by atoms with Gasteiger partial charge in [-0.25, -0.2) is 14.4 Å². The lowest BCUT2D eigenvalue weighted by Crippen LogP contribution is -2.18. The SMILES string of the molecule is N=C(c1nc2c(-c3ccccc3F)cncc2[nH]1)c1cc(-c2cncc(CN3CCCC3)c2)cnc1N. The number of H-pyrrole nitrogens is 1. The molecule has 0 radical (unpaired) electrons. The predicted molar refractivity (Wildman–Crippen MR) is 142 cm³/mol. The Morgan fingerprint density at radius 2 is 1.76 bits per heavy atom. The number of anilines is 1. The van der Waals surface area contributed by atoms with Gasteiger partial charge < -0.3 is 10.7 Å². The van der Waals surface area contributed by atoms with E-state index in [9.17, 15) is 4.39 Å². The van der Waals surface area contributed by atoms with Crippen LogP contribution in [-0.2, 0) is 6.54 Å². The Kier molecular flexibility index (Phi) is 5.90. The lowest BCUT2D eigenvalue weighted by atomic mass is 10.0. The van der Waals surface area contributed by atoms with Crippen LogP contribution in [0.15, 0.2) is 67.4 Å². The summed E-state index contributed by atoms with van der Waals surface area (Å²) in [7, 11) is 0. The van der Waals surface area contributed by atoms with Crippen LogP contribution >= 0.6 is 0 Å². The third-order valence-corrected chi connectivity index (χ3v) is 6.72. The highest BCUT2D eigenvalue weighted by atomic mass is 19.1. The zero-order valence-electron chi connectivity index (χ0n) is 20.1. The van der Waals surface area contributed by atoms with E-state index < -0.39 is 0 Å². The molecule has 4 N–H and O–H groups in total. The number of likely N-dealkylation sites (tertiary alicyclic amines) is 1. The fourth-order valence-corrected chi connectivity index (χ4v) is 4.82. The molecule has 0 spiro atoms. The molecule has 37 heavy (non-hydrogen) atoms. The molecule has 1 aliphatic heterocycles. The van der Waals surface area contributed by atoms with Gasteiger partial charge in [0.25, 0.3) is 0 Å². The van der Waals surface area contributed by atoms with E-state index in [1.807, 2.05) is 12.3 Å². The van der Waals surface area contributed by atoms with Gasteiger partial charge in [-0.05, 0) is 49.7 Å². The average molecular weight is 493 g/mol. The lowest BCUT2D eigenvalue weighted by molar-refractivity contribution is 0.331. The predicted octanol–water partition coefficient (Wildman–Crippen LogP) is 4.82. The van der Waals surface area contributed by atoms with Gasteiger partial charge in [-0.15, -0.1) is 0 Å². The molecule has 0 bridgehead atoms. The molecule has 1 saturated heterocycles. The molecular weight excluding hydrogens is 467 g/mol. The van der Waals surface area contributed by atoms with Crippen molar-refractivity contribution in [3.05, 3.63) is 90.2 Å². The molecule has 184 valence electrons. The molecule has 4 aromatic heterocycles. The molecule has 9 heteroatoms. The third kappa shape index (κ3) is 4.45. The lowest BCUT2D eigenvalue weighted by Gasteiger charge is -2.15. The Balaban J connectivity index is 1.34. The molecule has 1 aliphatic rings. The minimum Gasteiger partial charge on any atom is -0.383 e. The molecule has 0 atom stereocenters. The highest BCUT2D eigenvalue weighted by molar-refractivity contribution is 6.13. The Labute approximate surface area is 213 Å². The summed E-state index contributed by atoms with van der Waals surface area (Å²) < 4.78 is 14.5. The van der Waals surface area contributed by atoms with Gasteiger partial charge in [0, 0.05) is 59.1 Å². The van der Waals surface area contributed by atoms with Gasteiger partial charge in [-0.3, -0.25) is 20.3 Å². The number of nitrogens with zero attached hydrogens (tertiary/aromatic N) is 5.